The Morgan fingerprint density at radius 2 is 1.61 bits per heavy atom. The number of aliphatic imine (C=N–C) groups is 1. The summed E-state index contributed by atoms with van der Waals surface area (Å²) in [6.45, 7) is 4.59. The number of methoxy groups -OCH3 is 2. The SMILES string of the molecule is CN=C(NCc1ccc(OC)c(OC)c1)NCc1ccccc1CS(=O)(=O)NC(C)C. The van der Waals surface area contributed by atoms with E-state index < -0.39 is 10.0 Å². The number of sulfonamides is 1. The van der Waals surface area contributed by atoms with Crippen LogP contribution in [0.4, 0.5) is 0 Å². The van der Waals surface area contributed by atoms with Crippen molar-refractivity contribution in [3.05, 3.63) is 59.2 Å². The Kier molecular flexibility index (Phi) is 9.14. The van der Waals surface area contributed by atoms with Crippen LogP contribution >= 0.6 is 0 Å². The number of ether oxygens (including phenoxy) is 2. The number of hydrogen-bond acceptors (Lipinski definition) is 5. The van der Waals surface area contributed by atoms with E-state index in [2.05, 4.69) is 20.3 Å². The van der Waals surface area contributed by atoms with Crippen LogP contribution in [0.3, 0.4) is 0 Å². The van der Waals surface area contributed by atoms with Gasteiger partial charge in [0.25, 0.3) is 0 Å². The molecule has 0 bridgehead atoms. The largest absolute Gasteiger partial charge is 0.493 e. The quantitative estimate of drug-likeness (QED) is 0.381. The monoisotopic (exact) mass is 448 g/mol. The lowest BCUT2D eigenvalue weighted by molar-refractivity contribution is 0.354. The zero-order valence-electron chi connectivity index (χ0n) is 18.7. The molecule has 0 saturated carbocycles. The van der Waals surface area contributed by atoms with E-state index >= 15 is 0 Å². The van der Waals surface area contributed by atoms with Gasteiger partial charge in [-0.05, 0) is 42.7 Å². The van der Waals surface area contributed by atoms with Crippen LogP contribution in [0.5, 0.6) is 11.5 Å². The van der Waals surface area contributed by atoms with E-state index in [0.717, 1.165) is 16.7 Å². The van der Waals surface area contributed by atoms with E-state index in [1.807, 2.05) is 42.5 Å². The van der Waals surface area contributed by atoms with Gasteiger partial charge in [-0.15, -0.1) is 0 Å². The third-order valence-electron chi connectivity index (χ3n) is 4.46. The highest BCUT2D eigenvalue weighted by Gasteiger charge is 2.15. The third kappa shape index (κ3) is 7.76. The van der Waals surface area contributed by atoms with Gasteiger partial charge in [0, 0.05) is 26.2 Å². The van der Waals surface area contributed by atoms with Crippen molar-refractivity contribution < 1.29 is 17.9 Å². The van der Waals surface area contributed by atoms with Crippen LogP contribution in [0.25, 0.3) is 0 Å². The highest BCUT2D eigenvalue weighted by molar-refractivity contribution is 7.88. The molecule has 0 aliphatic carbocycles. The number of nitrogens with one attached hydrogen (secondary N) is 3. The first-order chi connectivity index (χ1) is 14.8. The first kappa shape index (κ1) is 24.5. The summed E-state index contributed by atoms with van der Waals surface area (Å²) in [6.07, 6.45) is 0. The fraction of sp³-hybridized carbons (Fsp3) is 0.409. The summed E-state index contributed by atoms with van der Waals surface area (Å²) < 4.78 is 37.9. The van der Waals surface area contributed by atoms with Gasteiger partial charge in [-0.3, -0.25) is 4.99 Å². The molecule has 0 heterocycles. The van der Waals surface area contributed by atoms with Crippen LogP contribution in [0.2, 0.25) is 0 Å². The Hall–Kier alpha value is -2.78. The molecular weight excluding hydrogens is 416 g/mol. The lowest BCUT2D eigenvalue weighted by Gasteiger charge is -2.16. The van der Waals surface area contributed by atoms with Crippen molar-refractivity contribution in [2.75, 3.05) is 21.3 Å². The first-order valence-electron chi connectivity index (χ1n) is 10.00. The molecule has 0 saturated heterocycles. The molecule has 3 N–H and O–H groups in total. The summed E-state index contributed by atoms with van der Waals surface area (Å²) in [5.74, 6) is 1.87. The van der Waals surface area contributed by atoms with Crippen molar-refractivity contribution in [1.82, 2.24) is 15.4 Å². The molecule has 170 valence electrons. The zero-order chi connectivity index (χ0) is 22.9. The summed E-state index contributed by atoms with van der Waals surface area (Å²) in [7, 11) is 1.48. The second-order valence-electron chi connectivity index (χ2n) is 7.27. The number of hydrogen-bond donors (Lipinski definition) is 3. The molecule has 2 aromatic rings. The van der Waals surface area contributed by atoms with Gasteiger partial charge in [0.2, 0.25) is 10.0 Å². The van der Waals surface area contributed by atoms with Crippen LogP contribution < -0.4 is 24.8 Å². The Balaban J connectivity index is 2.00. The predicted octanol–water partition coefficient (Wildman–Crippen LogP) is 2.40. The van der Waals surface area contributed by atoms with E-state index in [1.165, 1.54) is 0 Å². The van der Waals surface area contributed by atoms with Crippen molar-refractivity contribution in [2.45, 2.75) is 38.7 Å². The summed E-state index contributed by atoms with van der Waals surface area (Å²) in [6, 6.07) is 13.0. The summed E-state index contributed by atoms with van der Waals surface area (Å²) in [5, 5.41) is 6.49. The van der Waals surface area contributed by atoms with Crippen LogP contribution in [-0.2, 0) is 28.9 Å². The summed E-state index contributed by atoms with van der Waals surface area (Å²) in [4.78, 5) is 4.25. The second-order valence-corrected chi connectivity index (χ2v) is 9.02. The van der Waals surface area contributed by atoms with Gasteiger partial charge in [0.05, 0.1) is 20.0 Å². The van der Waals surface area contributed by atoms with Gasteiger partial charge in [0.1, 0.15) is 0 Å². The van der Waals surface area contributed by atoms with E-state index in [1.54, 1.807) is 35.1 Å². The van der Waals surface area contributed by atoms with Crippen molar-refractivity contribution in [3.63, 3.8) is 0 Å². The zero-order valence-corrected chi connectivity index (χ0v) is 19.5. The van der Waals surface area contributed by atoms with Crippen molar-refractivity contribution in [3.8, 4) is 11.5 Å². The maximum Gasteiger partial charge on any atom is 0.216 e. The van der Waals surface area contributed by atoms with Gasteiger partial charge < -0.3 is 20.1 Å². The lowest BCUT2D eigenvalue weighted by atomic mass is 10.1. The predicted molar refractivity (Wildman–Crippen MR) is 124 cm³/mol. The fourth-order valence-electron chi connectivity index (χ4n) is 3.05. The summed E-state index contributed by atoms with van der Waals surface area (Å²) in [5.41, 5.74) is 2.65. The fourth-order valence-corrected chi connectivity index (χ4v) is 4.54. The van der Waals surface area contributed by atoms with Crippen LogP contribution in [0.15, 0.2) is 47.5 Å². The molecule has 9 heteroatoms. The van der Waals surface area contributed by atoms with Gasteiger partial charge in [-0.2, -0.15) is 0 Å². The molecule has 31 heavy (non-hydrogen) atoms. The number of rotatable bonds is 10. The summed E-state index contributed by atoms with van der Waals surface area (Å²) >= 11 is 0. The van der Waals surface area contributed by atoms with Crippen LogP contribution in [-0.4, -0.2) is 41.7 Å². The minimum atomic E-state index is -3.40. The molecule has 2 aromatic carbocycles. The van der Waals surface area contributed by atoms with E-state index in [9.17, 15) is 8.42 Å². The Labute approximate surface area is 185 Å². The molecule has 2 rings (SSSR count). The molecule has 0 spiro atoms. The van der Waals surface area contributed by atoms with Crippen LogP contribution in [0.1, 0.15) is 30.5 Å². The Morgan fingerprint density at radius 1 is 0.968 bits per heavy atom. The smallest absolute Gasteiger partial charge is 0.216 e. The van der Waals surface area contributed by atoms with Crippen molar-refractivity contribution in [2.24, 2.45) is 4.99 Å². The topological polar surface area (TPSA) is 101 Å². The molecule has 0 fully saturated rings. The molecule has 0 unspecified atom stereocenters. The average Bonchev–Trinajstić information content (AvgIpc) is 2.73. The maximum atomic E-state index is 12.3. The molecule has 0 radical (unpaired) electrons. The molecule has 0 aromatic heterocycles. The van der Waals surface area contributed by atoms with E-state index in [-0.39, 0.29) is 11.8 Å². The standard InChI is InChI=1S/C22H32N4O4S/c1-16(2)26-31(27,28)15-19-9-7-6-8-18(19)14-25-22(23-3)24-13-17-10-11-20(29-4)21(12-17)30-5/h6-12,16,26H,13-15H2,1-5H3,(H2,23,24,25). The molecule has 0 aliphatic rings. The highest BCUT2D eigenvalue weighted by atomic mass is 32.2. The molecule has 0 atom stereocenters. The van der Waals surface area contributed by atoms with Gasteiger partial charge in [-0.25, -0.2) is 13.1 Å². The minimum absolute atomic E-state index is 0.0687. The Morgan fingerprint density at radius 3 is 2.23 bits per heavy atom. The number of benzene rings is 2. The van der Waals surface area contributed by atoms with Gasteiger partial charge >= 0.3 is 0 Å². The highest BCUT2D eigenvalue weighted by Crippen LogP contribution is 2.27. The normalized spacial score (nSPS) is 12.0. The molecule has 0 amide bonds. The van der Waals surface area contributed by atoms with E-state index in [4.69, 9.17) is 9.47 Å². The van der Waals surface area contributed by atoms with Crippen molar-refractivity contribution in [1.29, 1.82) is 0 Å². The number of nitrogens with zero attached hydrogens (tertiary/aromatic N) is 1. The lowest BCUT2D eigenvalue weighted by Crippen LogP contribution is -2.36. The Bertz CT molecular complexity index is 991. The molecular formula is C22H32N4O4S. The molecule has 0 aliphatic heterocycles. The first-order valence-corrected chi connectivity index (χ1v) is 11.7. The van der Waals surface area contributed by atoms with Gasteiger partial charge in [-0.1, -0.05) is 30.3 Å². The number of guanidine groups is 1. The third-order valence-corrected chi connectivity index (χ3v) is 5.98. The molecule has 8 nitrogen and oxygen atoms in total. The van der Waals surface area contributed by atoms with Gasteiger partial charge in [0.15, 0.2) is 17.5 Å². The average molecular weight is 449 g/mol. The van der Waals surface area contributed by atoms with Crippen molar-refractivity contribution >= 4 is 16.0 Å². The van der Waals surface area contributed by atoms with Crippen LogP contribution in [0, 0.1) is 0 Å². The van der Waals surface area contributed by atoms with E-state index in [0.29, 0.717) is 30.5 Å². The second kappa shape index (κ2) is 11.6. The maximum absolute atomic E-state index is 12.3. The minimum Gasteiger partial charge on any atom is -0.493 e.